The van der Waals surface area contributed by atoms with Crippen LogP contribution in [-0.4, -0.2) is 13.9 Å². The van der Waals surface area contributed by atoms with Crippen LogP contribution in [-0.2, 0) is 4.79 Å². The number of fused-ring (bicyclic) bond motifs is 2. The number of Topliss-reactive ketones (excluding diaryl/α,β-unsaturated/α-hetero) is 1. The van der Waals surface area contributed by atoms with E-state index in [-0.39, 0.29) is 5.41 Å². The summed E-state index contributed by atoms with van der Waals surface area (Å²) in [5.41, 5.74) is 1.76. The monoisotopic (exact) mass is 220 g/mol. The number of carbonyl (C=O) groups excluding carboxylic acids is 1. The van der Waals surface area contributed by atoms with Crippen LogP contribution in [0.4, 0.5) is 0 Å². The first-order valence-corrected chi connectivity index (χ1v) is 9.75. The summed E-state index contributed by atoms with van der Waals surface area (Å²) in [7, 11) is -1.39. The highest BCUT2D eigenvalue weighted by atomic mass is 28.3. The van der Waals surface area contributed by atoms with Gasteiger partial charge in [-0.15, -0.1) is 0 Å². The highest BCUT2D eigenvalue weighted by Crippen LogP contribution is 2.65. The lowest BCUT2D eigenvalue weighted by atomic mass is 9.89. The van der Waals surface area contributed by atoms with Crippen LogP contribution >= 0.6 is 0 Å². The van der Waals surface area contributed by atoms with Gasteiger partial charge in [-0.05, 0) is 43.2 Å². The van der Waals surface area contributed by atoms with Gasteiger partial charge < -0.3 is 0 Å². The van der Waals surface area contributed by atoms with Crippen LogP contribution in [0.1, 0.15) is 32.1 Å². The zero-order valence-electron chi connectivity index (χ0n) is 10.0. The van der Waals surface area contributed by atoms with Crippen LogP contribution in [0.15, 0.2) is 10.8 Å². The Morgan fingerprint density at radius 1 is 1.27 bits per heavy atom. The number of hydrogen-bond donors (Lipinski definition) is 0. The minimum Gasteiger partial charge on any atom is -0.294 e. The molecule has 1 spiro atoms. The number of ketones is 1. The Labute approximate surface area is 93.0 Å². The van der Waals surface area contributed by atoms with Crippen molar-refractivity contribution in [2.75, 3.05) is 0 Å². The van der Waals surface area contributed by atoms with E-state index in [9.17, 15) is 4.79 Å². The summed E-state index contributed by atoms with van der Waals surface area (Å²) in [5, 5.41) is 1.35. The first kappa shape index (κ1) is 9.82. The second-order valence-corrected chi connectivity index (χ2v) is 11.6. The molecule has 82 valence electrons. The molecular formula is C13H20OSi. The highest BCUT2D eigenvalue weighted by Gasteiger charge is 2.63. The molecule has 1 nitrogen and oxygen atoms in total. The van der Waals surface area contributed by atoms with Crippen LogP contribution < -0.4 is 0 Å². The fourth-order valence-electron chi connectivity index (χ4n) is 3.84. The molecule has 0 aliphatic heterocycles. The van der Waals surface area contributed by atoms with Gasteiger partial charge in [0, 0.05) is 5.41 Å². The number of carbonyl (C=O) groups is 1. The van der Waals surface area contributed by atoms with E-state index in [1.165, 1.54) is 37.3 Å². The summed E-state index contributed by atoms with van der Waals surface area (Å²) in [6.07, 6.45) is 6.25. The Morgan fingerprint density at radius 2 is 1.93 bits per heavy atom. The lowest BCUT2D eigenvalue weighted by Gasteiger charge is -2.19. The van der Waals surface area contributed by atoms with Crippen molar-refractivity contribution in [1.29, 1.82) is 0 Å². The largest absolute Gasteiger partial charge is 0.294 e. The number of allylic oxidation sites excluding steroid dienone is 2. The first-order valence-electron chi connectivity index (χ1n) is 6.25. The van der Waals surface area contributed by atoms with Gasteiger partial charge in [0.15, 0.2) is 5.78 Å². The molecule has 0 aromatic rings. The van der Waals surface area contributed by atoms with E-state index in [4.69, 9.17) is 0 Å². The van der Waals surface area contributed by atoms with E-state index in [1.807, 2.05) is 0 Å². The molecule has 0 N–H and O–H groups in total. The average molecular weight is 220 g/mol. The van der Waals surface area contributed by atoms with Gasteiger partial charge in [0.2, 0.25) is 0 Å². The predicted octanol–water partition coefficient (Wildman–Crippen LogP) is 3.32. The minimum absolute atomic E-state index is 0.154. The van der Waals surface area contributed by atoms with Crippen LogP contribution in [0.5, 0.6) is 0 Å². The molecular weight excluding hydrogens is 200 g/mol. The summed E-state index contributed by atoms with van der Waals surface area (Å²) < 4.78 is 0. The first-order chi connectivity index (χ1) is 6.97. The van der Waals surface area contributed by atoms with E-state index >= 15 is 0 Å². The molecule has 3 aliphatic rings. The molecule has 2 heteroatoms. The fraction of sp³-hybridized carbons (Fsp3) is 0.769. The van der Waals surface area contributed by atoms with Gasteiger partial charge in [0.05, 0.1) is 8.07 Å². The molecule has 0 bridgehead atoms. The van der Waals surface area contributed by atoms with Crippen LogP contribution in [0.3, 0.4) is 0 Å². The second-order valence-electron chi connectivity index (χ2n) is 6.58. The van der Waals surface area contributed by atoms with E-state index in [0.717, 1.165) is 0 Å². The van der Waals surface area contributed by atoms with Crippen LogP contribution in [0.25, 0.3) is 0 Å². The summed E-state index contributed by atoms with van der Waals surface area (Å²) in [4.78, 5) is 12.5. The maximum Gasteiger partial charge on any atom is 0.161 e. The Morgan fingerprint density at radius 3 is 2.47 bits per heavy atom. The number of rotatable bonds is 1. The summed E-state index contributed by atoms with van der Waals surface area (Å²) >= 11 is 0. The van der Waals surface area contributed by atoms with Crippen molar-refractivity contribution in [2.24, 2.45) is 11.3 Å². The van der Waals surface area contributed by atoms with Gasteiger partial charge in [-0.1, -0.05) is 25.2 Å². The third kappa shape index (κ3) is 1.12. The smallest absolute Gasteiger partial charge is 0.161 e. The highest BCUT2D eigenvalue weighted by molar-refractivity contribution is 6.87. The van der Waals surface area contributed by atoms with Gasteiger partial charge in [-0.3, -0.25) is 4.79 Å². The van der Waals surface area contributed by atoms with Gasteiger partial charge in [0.25, 0.3) is 0 Å². The predicted molar refractivity (Wildman–Crippen MR) is 64.4 cm³/mol. The zero-order chi connectivity index (χ0) is 10.8. The van der Waals surface area contributed by atoms with E-state index in [0.29, 0.717) is 11.7 Å². The fourth-order valence-corrected chi connectivity index (χ4v) is 6.03. The van der Waals surface area contributed by atoms with Gasteiger partial charge >= 0.3 is 0 Å². The quantitative estimate of drug-likeness (QED) is 0.620. The zero-order valence-corrected chi connectivity index (χ0v) is 11.0. The Kier molecular flexibility index (Phi) is 1.74. The lowest BCUT2D eigenvalue weighted by Crippen LogP contribution is -2.31. The summed E-state index contributed by atoms with van der Waals surface area (Å²) in [6.45, 7) is 7.01. The topological polar surface area (TPSA) is 17.1 Å². The molecule has 3 rings (SSSR count). The third-order valence-electron chi connectivity index (χ3n) is 4.57. The van der Waals surface area contributed by atoms with Gasteiger partial charge in [0.1, 0.15) is 0 Å². The van der Waals surface area contributed by atoms with Gasteiger partial charge in [-0.2, -0.15) is 0 Å². The van der Waals surface area contributed by atoms with Crippen molar-refractivity contribution in [2.45, 2.75) is 51.7 Å². The SMILES string of the molecule is C[Si](C)(C)C1=C2CCCC2C2(CC2)C1=O. The maximum atomic E-state index is 12.5. The normalized spacial score (nSPS) is 32.7. The molecule has 1 atom stereocenters. The molecule has 1 unspecified atom stereocenters. The molecule has 0 aromatic carbocycles. The van der Waals surface area contributed by atoms with Crippen molar-refractivity contribution in [3.8, 4) is 0 Å². The second kappa shape index (κ2) is 2.65. The Hall–Kier alpha value is -0.373. The molecule has 0 saturated heterocycles. The summed E-state index contributed by atoms with van der Waals surface area (Å²) in [6, 6.07) is 0. The number of hydrogen-bond acceptors (Lipinski definition) is 1. The maximum absolute atomic E-state index is 12.5. The molecule has 3 aliphatic carbocycles. The van der Waals surface area contributed by atoms with Crippen molar-refractivity contribution >= 4 is 13.9 Å². The van der Waals surface area contributed by atoms with Crippen molar-refractivity contribution < 1.29 is 4.79 Å². The van der Waals surface area contributed by atoms with E-state index < -0.39 is 8.07 Å². The molecule has 0 heterocycles. The molecule has 2 saturated carbocycles. The van der Waals surface area contributed by atoms with Crippen molar-refractivity contribution in [3.05, 3.63) is 10.8 Å². The molecule has 2 fully saturated rings. The lowest BCUT2D eigenvalue weighted by molar-refractivity contribution is -0.120. The average Bonchev–Trinajstić information content (AvgIpc) is 2.72. The minimum atomic E-state index is -1.39. The van der Waals surface area contributed by atoms with E-state index in [1.54, 1.807) is 5.57 Å². The van der Waals surface area contributed by atoms with Crippen molar-refractivity contribution in [1.82, 2.24) is 0 Å². The summed E-state index contributed by atoms with van der Waals surface area (Å²) in [5.74, 6) is 1.27. The standard InChI is InChI=1S/C13H20OSi/c1-15(2,3)11-9-5-4-6-10(9)13(7-8-13)12(11)14/h10H,4-8H2,1-3H3. The molecule has 0 aromatic heterocycles. The molecule has 0 radical (unpaired) electrons. The van der Waals surface area contributed by atoms with Crippen LogP contribution in [0, 0.1) is 11.3 Å². The van der Waals surface area contributed by atoms with Crippen LogP contribution in [0.2, 0.25) is 19.6 Å². The Balaban J connectivity index is 2.12. The van der Waals surface area contributed by atoms with E-state index in [2.05, 4.69) is 19.6 Å². The van der Waals surface area contributed by atoms with Gasteiger partial charge in [-0.25, -0.2) is 0 Å². The third-order valence-corrected chi connectivity index (χ3v) is 6.61. The Bertz CT molecular complexity index is 368. The van der Waals surface area contributed by atoms with Crippen molar-refractivity contribution in [3.63, 3.8) is 0 Å². The molecule has 15 heavy (non-hydrogen) atoms. The molecule has 0 amide bonds.